The highest BCUT2D eigenvalue weighted by molar-refractivity contribution is 5.80. The molecular formula is C10H15N3. The van der Waals surface area contributed by atoms with Gasteiger partial charge in [-0.2, -0.15) is 5.10 Å². The van der Waals surface area contributed by atoms with Crippen LogP contribution in [0, 0.1) is 0 Å². The Morgan fingerprint density at radius 2 is 2.00 bits per heavy atom. The average molecular weight is 177 g/mol. The molecule has 1 aromatic carbocycles. The third-order valence-corrected chi connectivity index (χ3v) is 1.74. The van der Waals surface area contributed by atoms with Crippen molar-refractivity contribution in [3.63, 3.8) is 0 Å². The molecule has 0 bridgehead atoms. The molecule has 3 heteroatoms. The molecule has 13 heavy (non-hydrogen) atoms. The highest BCUT2D eigenvalue weighted by atomic mass is 15.1. The molecular weight excluding hydrogens is 162 g/mol. The largest absolute Gasteiger partial charge is 0.325 e. The fraction of sp³-hybridized carbons (Fsp3) is 0.300. The summed E-state index contributed by atoms with van der Waals surface area (Å²) in [6.07, 6.45) is 0. The van der Waals surface area contributed by atoms with E-state index in [9.17, 15) is 0 Å². The second-order valence-electron chi connectivity index (χ2n) is 2.42. The number of rotatable bonds is 1. The molecule has 0 spiro atoms. The molecule has 3 nitrogen and oxygen atoms in total. The lowest BCUT2D eigenvalue weighted by Crippen LogP contribution is -1.96. The van der Waals surface area contributed by atoms with E-state index in [1.54, 1.807) is 0 Å². The van der Waals surface area contributed by atoms with Crippen molar-refractivity contribution in [2.75, 3.05) is 0 Å². The fourth-order valence-corrected chi connectivity index (χ4v) is 1.17. The molecule has 70 valence electrons. The highest BCUT2D eigenvalue weighted by Gasteiger charge is 1.99. The van der Waals surface area contributed by atoms with E-state index in [1.807, 2.05) is 38.1 Å². The van der Waals surface area contributed by atoms with Crippen molar-refractivity contribution in [3.05, 3.63) is 30.0 Å². The Morgan fingerprint density at radius 1 is 1.31 bits per heavy atom. The van der Waals surface area contributed by atoms with Gasteiger partial charge in [0.1, 0.15) is 0 Å². The van der Waals surface area contributed by atoms with Gasteiger partial charge >= 0.3 is 0 Å². The summed E-state index contributed by atoms with van der Waals surface area (Å²) >= 11 is 0. The third kappa shape index (κ3) is 1.87. The molecule has 1 heterocycles. The smallest absolute Gasteiger partial charge is 0.0924 e. The SMILES string of the molecule is CC.NCc1[nH]nc2ccccc12. The topological polar surface area (TPSA) is 54.7 Å². The number of fused-ring (bicyclic) bond motifs is 1. The monoisotopic (exact) mass is 177 g/mol. The number of benzene rings is 1. The zero-order valence-corrected chi connectivity index (χ0v) is 8.04. The minimum absolute atomic E-state index is 0.514. The van der Waals surface area contributed by atoms with Crippen LogP contribution in [0.3, 0.4) is 0 Å². The second-order valence-corrected chi connectivity index (χ2v) is 2.42. The van der Waals surface area contributed by atoms with Crippen molar-refractivity contribution in [1.82, 2.24) is 10.2 Å². The molecule has 1 aromatic heterocycles. The van der Waals surface area contributed by atoms with Crippen LogP contribution in [0.5, 0.6) is 0 Å². The minimum Gasteiger partial charge on any atom is -0.325 e. The lowest BCUT2D eigenvalue weighted by Gasteiger charge is -1.89. The summed E-state index contributed by atoms with van der Waals surface area (Å²) in [5, 5.41) is 8.09. The zero-order valence-electron chi connectivity index (χ0n) is 8.04. The number of nitrogens with zero attached hydrogens (tertiary/aromatic N) is 1. The van der Waals surface area contributed by atoms with E-state index in [0.717, 1.165) is 16.6 Å². The van der Waals surface area contributed by atoms with E-state index in [1.165, 1.54) is 0 Å². The summed E-state index contributed by atoms with van der Waals surface area (Å²) in [6.45, 7) is 4.51. The Balaban J connectivity index is 0.000000396. The van der Waals surface area contributed by atoms with Gasteiger partial charge in [-0.15, -0.1) is 0 Å². The molecule has 0 saturated heterocycles. The van der Waals surface area contributed by atoms with Crippen LogP contribution in [0.2, 0.25) is 0 Å². The van der Waals surface area contributed by atoms with Crippen LogP contribution in [-0.2, 0) is 6.54 Å². The number of nitrogens with two attached hydrogens (primary N) is 1. The fourth-order valence-electron chi connectivity index (χ4n) is 1.17. The molecule has 2 aromatic rings. The number of aromatic nitrogens is 2. The molecule has 0 aliphatic rings. The maximum Gasteiger partial charge on any atom is 0.0924 e. The van der Waals surface area contributed by atoms with E-state index in [-0.39, 0.29) is 0 Å². The van der Waals surface area contributed by atoms with Crippen molar-refractivity contribution in [3.8, 4) is 0 Å². The van der Waals surface area contributed by atoms with Crippen molar-refractivity contribution >= 4 is 10.9 Å². The predicted octanol–water partition coefficient (Wildman–Crippen LogP) is 2.05. The Morgan fingerprint density at radius 3 is 2.69 bits per heavy atom. The Hall–Kier alpha value is -1.35. The number of hydrogen-bond donors (Lipinski definition) is 2. The van der Waals surface area contributed by atoms with Crippen molar-refractivity contribution in [1.29, 1.82) is 0 Å². The molecule has 0 atom stereocenters. The van der Waals surface area contributed by atoms with Crippen LogP contribution in [-0.4, -0.2) is 10.2 Å². The first-order chi connectivity index (χ1) is 6.42. The molecule has 0 aliphatic carbocycles. The number of para-hydroxylation sites is 1. The molecule has 2 rings (SSSR count). The van der Waals surface area contributed by atoms with Gasteiger partial charge in [0.05, 0.1) is 11.2 Å². The van der Waals surface area contributed by atoms with E-state index in [4.69, 9.17) is 5.73 Å². The van der Waals surface area contributed by atoms with Gasteiger partial charge in [0.15, 0.2) is 0 Å². The van der Waals surface area contributed by atoms with Crippen LogP contribution < -0.4 is 5.73 Å². The summed E-state index contributed by atoms with van der Waals surface area (Å²) in [7, 11) is 0. The van der Waals surface area contributed by atoms with Gasteiger partial charge in [-0.3, -0.25) is 5.10 Å². The molecule has 0 aliphatic heterocycles. The normalized spacial score (nSPS) is 9.46. The van der Waals surface area contributed by atoms with Crippen LogP contribution >= 0.6 is 0 Å². The molecule has 0 amide bonds. The van der Waals surface area contributed by atoms with Gasteiger partial charge in [0.25, 0.3) is 0 Å². The van der Waals surface area contributed by atoms with E-state index in [0.29, 0.717) is 6.54 Å². The number of nitrogens with one attached hydrogen (secondary N) is 1. The Labute approximate surface area is 78.0 Å². The lowest BCUT2D eigenvalue weighted by atomic mass is 10.2. The van der Waals surface area contributed by atoms with Crippen LogP contribution in [0.1, 0.15) is 19.5 Å². The Bertz CT molecular complexity index is 365. The molecule has 0 unspecified atom stereocenters. The second kappa shape index (κ2) is 4.62. The van der Waals surface area contributed by atoms with Gasteiger partial charge in [-0.05, 0) is 6.07 Å². The number of hydrogen-bond acceptors (Lipinski definition) is 2. The van der Waals surface area contributed by atoms with E-state index < -0.39 is 0 Å². The summed E-state index contributed by atoms with van der Waals surface area (Å²) in [4.78, 5) is 0. The van der Waals surface area contributed by atoms with Gasteiger partial charge in [-0.25, -0.2) is 0 Å². The highest BCUT2D eigenvalue weighted by Crippen LogP contribution is 2.13. The summed E-state index contributed by atoms with van der Waals surface area (Å²) in [6, 6.07) is 7.92. The number of aromatic amines is 1. The van der Waals surface area contributed by atoms with E-state index in [2.05, 4.69) is 10.2 Å². The van der Waals surface area contributed by atoms with Crippen molar-refractivity contribution in [2.24, 2.45) is 5.73 Å². The molecule has 0 saturated carbocycles. The summed E-state index contributed by atoms with van der Waals surface area (Å²) in [5.41, 5.74) is 7.47. The van der Waals surface area contributed by atoms with Crippen LogP contribution in [0.4, 0.5) is 0 Å². The standard InChI is InChI=1S/C8H9N3.C2H6/c9-5-8-6-3-1-2-4-7(6)10-11-8;1-2/h1-4H,5,9H2,(H,10,11);1-2H3. The minimum atomic E-state index is 0.514. The van der Waals surface area contributed by atoms with Gasteiger partial charge in [0, 0.05) is 11.9 Å². The molecule has 0 radical (unpaired) electrons. The summed E-state index contributed by atoms with van der Waals surface area (Å²) in [5.74, 6) is 0. The Kier molecular flexibility index (Phi) is 3.46. The third-order valence-electron chi connectivity index (χ3n) is 1.74. The molecule has 0 fully saturated rings. The first-order valence-corrected chi connectivity index (χ1v) is 4.54. The van der Waals surface area contributed by atoms with Crippen molar-refractivity contribution in [2.45, 2.75) is 20.4 Å². The first kappa shape index (κ1) is 9.74. The van der Waals surface area contributed by atoms with Gasteiger partial charge in [-0.1, -0.05) is 32.0 Å². The molecule has 3 N–H and O–H groups in total. The van der Waals surface area contributed by atoms with E-state index >= 15 is 0 Å². The summed E-state index contributed by atoms with van der Waals surface area (Å²) < 4.78 is 0. The maximum atomic E-state index is 5.49. The maximum absolute atomic E-state index is 5.49. The number of H-pyrrole nitrogens is 1. The lowest BCUT2D eigenvalue weighted by molar-refractivity contribution is 0.959. The van der Waals surface area contributed by atoms with Gasteiger partial charge < -0.3 is 5.73 Å². The van der Waals surface area contributed by atoms with Crippen LogP contribution in [0.25, 0.3) is 10.9 Å². The first-order valence-electron chi connectivity index (χ1n) is 4.54. The predicted molar refractivity (Wildman–Crippen MR) is 55.3 cm³/mol. The van der Waals surface area contributed by atoms with Gasteiger partial charge in [0.2, 0.25) is 0 Å². The average Bonchev–Trinajstić information content (AvgIpc) is 2.64. The van der Waals surface area contributed by atoms with Crippen molar-refractivity contribution < 1.29 is 0 Å². The quantitative estimate of drug-likeness (QED) is 0.700. The zero-order chi connectivity index (χ0) is 9.68. The van der Waals surface area contributed by atoms with Crippen LogP contribution in [0.15, 0.2) is 24.3 Å².